The number of carbonyl (C=O) groups is 2. The van der Waals surface area contributed by atoms with Crippen molar-refractivity contribution in [3.8, 4) is 0 Å². The van der Waals surface area contributed by atoms with Crippen LogP contribution in [0.25, 0.3) is 0 Å². The van der Waals surface area contributed by atoms with Gasteiger partial charge in [0.15, 0.2) is 0 Å². The van der Waals surface area contributed by atoms with Gasteiger partial charge in [-0.1, -0.05) is 12.7 Å². The minimum absolute atomic E-state index is 0.0952. The molecule has 0 aliphatic carbocycles. The van der Waals surface area contributed by atoms with Crippen molar-refractivity contribution in [2.75, 3.05) is 13.7 Å². The van der Waals surface area contributed by atoms with Crippen molar-refractivity contribution in [3.63, 3.8) is 0 Å². The minimum Gasteiger partial charge on any atom is -0.478 e. The molecule has 1 aromatic rings. The first-order valence-electron chi connectivity index (χ1n) is 5.27. The van der Waals surface area contributed by atoms with Gasteiger partial charge < -0.3 is 19.2 Å². The van der Waals surface area contributed by atoms with Gasteiger partial charge in [-0.2, -0.15) is 0 Å². The van der Waals surface area contributed by atoms with E-state index in [1.165, 1.54) is 24.1 Å². The van der Waals surface area contributed by atoms with Gasteiger partial charge in [-0.05, 0) is 13.0 Å². The highest BCUT2D eigenvalue weighted by Gasteiger charge is 2.17. The number of hydrogen-bond acceptors (Lipinski definition) is 4. The van der Waals surface area contributed by atoms with E-state index in [4.69, 9.17) is 14.3 Å². The summed E-state index contributed by atoms with van der Waals surface area (Å²) >= 11 is 0. The quantitative estimate of drug-likeness (QED) is 0.812. The van der Waals surface area contributed by atoms with Crippen molar-refractivity contribution in [2.24, 2.45) is 0 Å². The number of aryl methyl sites for hydroxylation is 1. The van der Waals surface area contributed by atoms with Crippen molar-refractivity contribution < 1.29 is 23.8 Å². The summed E-state index contributed by atoms with van der Waals surface area (Å²) in [6, 6.07) is 1.40. The molecule has 0 spiro atoms. The number of carboxylic acid groups (broad SMARTS) is 1. The topological polar surface area (TPSA) is 80.0 Å². The summed E-state index contributed by atoms with van der Waals surface area (Å²) in [6.07, 6.45) is 0.937. The van der Waals surface area contributed by atoms with E-state index in [9.17, 15) is 9.59 Å². The first-order chi connectivity index (χ1) is 8.45. The average Bonchev–Trinajstić information content (AvgIpc) is 2.67. The molecule has 98 valence electrons. The van der Waals surface area contributed by atoms with Crippen molar-refractivity contribution in [1.82, 2.24) is 4.90 Å². The molecule has 1 rings (SSSR count). The Morgan fingerprint density at radius 3 is 2.78 bits per heavy atom. The van der Waals surface area contributed by atoms with E-state index in [0.717, 1.165) is 0 Å². The van der Waals surface area contributed by atoms with Crippen LogP contribution in [-0.4, -0.2) is 35.7 Å². The van der Waals surface area contributed by atoms with Crippen LogP contribution in [-0.2, 0) is 11.3 Å². The van der Waals surface area contributed by atoms with Gasteiger partial charge in [0.05, 0.1) is 6.54 Å². The van der Waals surface area contributed by atoms with E-state index >= 15 is 0 Å². The van der Waals surface area contributed by atoms with Gasteiger partial charge in [0.1, 0.15) is 23.7 Å². The van der Waals surface area contributed by atoms with Crippen LogP contribution < -0.4 is 0 Å². The number of nitrogens with zero attached hydrogens (tertiary/aromatic N) is 1. The van der Waals surface area contributed by atoms with E-state index in [2.05, 4.69) is 6.58 Å². The molecule has 0 aliphatic rings. The van der Waals surface area contributed by atoms with Crippen molar-refractivity contribution >= 4 is 12.1 Å². The van der Waals surface area contributed by atoms with Crippen molar-refractivity contribution in [1.29, 1.82) is 0 Å². The molecule has 0 atom stereocenters. The van der Waals surface area contributed by atoms with Crippen LogP contribution in [0.5, 0.6) is 0 Å². The number of carboxylic acids is 1. The standard InChI is InChI=1S/C12H15NO5/c1-4-5-17-12(16)13(3)7-9-6-10(11(14)15)8(2)18-9/h4,6H,1,5,7H2,2-3H3,(H,14,15). The largest absolute Gasteiger partial charge is 0.478 e. The van der Waals surface area contributed by atoms with E-state index in [-0.39, 0.29) is 18.7 Å². The number of amides is 1. The second kappa shape index (κ2) is 5.90. The highest BCUT2D eigenvalue weighted by Crippen LogP contribution is 2.16. The highest BCUT2D eigenvalue weighted by molar-refractivity contribution is 5.88. The van der Waals surface area contributed by atoms with Crippen molar-refractivity contribution in [2.45, 2.75) is 13.5 Å². The number of hydrogen-bond donors (Lipinski definition) is 1. The molecule has 1 amide bonds. The predicted octanol–water partition coefficient (Wildman–Crippen LogP) is 2.04. The zero-order chi connectivity index (χ0) is 13.7. The third-order valence-electron chi connectivity index (χ3n) is 2.23. The summed E-state index contributed by atoms with van der Waals surface area (Å²) in [5.41, 5.74) is 0.0952. The molecule has 0 fully saturated rings. The number of carbonyl (C=O) groups excluding carboxylic acids is 1. The van der Waals surface area contributed by atoms with Gasteiger partial charge in [-0.3, -0.25) is 0 Å². The smallest absolute Gasteiger partial charge is 0.410 e. The summed E-state index contributed by atoms with van der Waals surface area (Å²) in [4.78, 5) is 23.5. The lowest BCUT2D eigenvalue weighted by Gasteiger charge is -2.14. The SMILES string of the molecule is C=CCOC(=O)N(C)Cc1cc(C(=O)O)c(C)o1. The lowest BCUT2D eigenvalue weighted by molar-refractivity contribution is 0.0695. The monoisotopic (exact) mass is 253 g/mol. The number of aromatic carboxylic acids is 1. The van der Waals surface area contributed by atoms with Crippen LogP contribution in [0.3, 0.4) is 0 Å². The van der Waals surface area contributed by atoms with Gasteiger partial charge in [-0.15, -0.1) is 0 Å². The molecule has 0 saturated heterocycles. The Morgan fingerprint density at radius 2 is 2.28 bits per heavy atom. The molecule has 1 N–H and O–H groups in total. The lowest BCUT2D eigenvalue weighted by Crippen LogP contribution is -2.26. The maximum absolute atomic E-state index is 11.4. The van der Waals surface area contributed by atoms with Gasteiger partial charge in [0.25, 0.3) is 0 Å². The molecule has 6 nitrogen and oxygen atoms in total. The minimum atomic E-state index is -1.06. The fourth-order valence-corrected chi connectivity index (χ4v) is 1.37. The molecule has 1 aromatic heterocycles. The molecule has 6 heteroatoms. The number of rotatable bonds is 5. The molecule has 0 aromatic carbocycles. The maximum Gasteiger partial charge on any atom is 0.410 e. The Hall–Kier alpha value is -2.24. The van der Waals surface area contributed by atoms with Crippen LogP contribution >= 0.6 is 0 Å². The van der Waals surface area contributed by atoms with Gasteiger partial charge >= 0.3 is 12.1 Å². The van der Waals surface area contributed by atoms with E-state index in [1.54, 1.807) is 6.92 Å². The van der Waals surface area contributed by atoms with E-state index < -0.39 is 12.1 Å². The highest BCUT2D eigenvalue weighted by atomic mass is 16.6. The first-order valence-corrected chi connectivity index (χ1v) is 5.27. The molecule has 18 heavy (non-hydrogen) atoms. The van der Waals surface area contributed by atoms with E-state index in [0.29, 0.717) is 11.5 Å². The zero-order valence-corrected chi connectivity index (χ0v) is 10.3. The summed E-state index contributed by atoms with van der Waals surface area (Å²) in [6.45, 7) is 5.26. The molecule has 0 radical (unpaired) electrons. The molecule has 0 saturated carbocycles. The van der Waals surface area contributed by atoms with Crippen LogP contribution in [0.1, 0.15) is 21.9 Å². The fraction of sp³-hybridized carbons (Fsp3) is 0.333. The predicted molar refractivity (Wildman–Crippen MR) is 63.4 cm³/mol. The Morgan fingerprint density at radius 1 is 1.61 bits per heavy atom. The maximum atomic E-state index is 11.4. The fourth-order valence-electron chi connectivity index (χ4n) is 1.37. The molecular formula is C12H15NO5. The van der Waals surface area contributed by atoms with Crippen LogP contribution in [0.4, 0.5) is 4.79 Å². The molecular weight excluding hydrogens is 238 g/mol. The molecule has 1 heterocycles. The van der Waals surface area contributed by atoms with Gasteiger partial charge in [0.2, 0.25) is 0 Å². The summed E-state index contributed by atoms with van der Waals surface area (Å²) in [5.74, 6) is -0.354. The third kappa shape index (κ3) is 3.38. The van der Waals surface area contributed by atoms with Gasteiger partial charge in [0, 0.05) is 7.05 Å². The number of ether oxygens (including phenoxy) is 1. The lowest BCUT2D eigenvalue weighted by atomic mass is 10.2. The van der Waals surface area contributed by atoms with E-state index in [1.807, 2.05) is 0 Å². The third-order valence-corrected chi connectivity index (χ3v) is 2.23. The van der Waals surface area contributed by atoms with Crippen LogP contribution in [0.2, 0.25) is 0 Å². The average molecular weight is 253 g/mol. The van der Waals surface area contributed by atoms with Crippen LogP contribution in [0, 0.1) is 6.92 Å². The second-order valence-electron chi connectivity index (χ2n) is 3.71. The Balaban J connectivity index is 2.67. The normalized spacial score (nSPS) is 9.89. The summed E-state index contributed by atoms with van der Waals surface area (Å²) in [7, 11) is 1.53. The van der Waals surface area contributed by atoms with Crippen LogP contribution in [0.15, 0.2) is 23.1 Å². The Kier molecular flexibility index (Phi) is 4.53. The second-order valence-corrected chi connectivity index (χ2v) is 3.71. The first kappa shape index (κ1) is 13.8. The van der Waals surface area contributed by atoms with Crippen molar-refractivity contribution in [3.05, 3.63) is 35.8 Å². The molecule has 0 aliphatic heterocycles. The molecule has 0 bridgehead atoms. The van der Waals surface area contributed by atoms with Gasteiger partial charge in [-0.25, -0.2) is 9.59 Å². The molecule has 0 unspecified atom stereocenters. The zero-order valence-electron chi connectivity index (χ0n) is 10.3. The summed E-state index contributed by atoms with van der Waals surface area (Å²) < 4.78 is 10.1. The Bertz CT molecular complexity index is 463. The number of furan rings is 1. The Labute approximate surface area is 104 Å². The summed E-state index contributed by atoms with van der Waals surface area (Å²) in [5, 5.41) is 8.86.